The van der Waals surface area contributed by atoms with Crippen LogP contribution in [-0.2, 0) is 11.3 Å². The summed E-state index contributed by atoms with van der Waals surface area (Å²) in [7, 11) is 0. The van der Waals surface area contributed by atoms with E-state index in [1.54, 1.807) is 24.3 Å². The Hall–Kier alpha value is -3.00. The smallest absolute Gasteiger partial charge is 0.325 e. The minimum Gasteiger partial charge on any atom is -0.336 e. The second-order valence-corrected chi connectivity index (χ2v) is 7.89. The van der Waals surface area contributed by atoms with Crippen molar-refractivity contribution in [2.24, 2.45) is 0 Å². The minimum absolute atomic E-state index is 0.0550. The fourth-order valence-corrected chi connectivity index (χ4v) is 4.08. The molecule has 2 aromatic rings. The molecule has 0 aromatic heterocycles. The molecule has 6 nitrogen and oxygen atoms in total. The van der Waals surface area contributed by atoms with E-state index in [0.29, 0.717) is 17.9 Å². The molecule has 9 heteroatoms. The molecule has 2 fully saturated rings. The highest BCUT2D eigenvalue weighted by Crippen LogP contribution is 2.31. The van der Waals surface area contributed by atoms with Crippen molar-refractivity contribution in [3.63, 3.8) is 0 Å². The molecule has 0 radical (unpaired) electrons. The minimum atomic E-state index is -1.31. The second-order valence-electron chi connectivity index (χ2n) is 7.46. The number of benzene rings is 2. The van der Waals surface area contributed by atoms with Crippen molar-refractivity contribution in [2.45, 2.75) is 24.9 Å². The lowest BCUT2D eigenvalue weighted by molar-refractivity contribution is -0.133. The summed E-state index contributed by atoms with van der Waals surface area (Å²) in [6.07, 6.45) is 0.737. The van der Waals surface area contributed by atoms with Gasteiger partial charge in [-0.05, 0) is 42.7 Å². The van der Waals surface area contributed by atoms with Crippen LogP contribution in [0.4, 0.5) is 13.6 Å². The van der Waals surface area contributed by atoms with Gasteiger partial charge >= 0.3 is 6.03 Å². The van der Waals surface area contributed by atoms with Crippen LogP contribution >= 0.6 is 11.6 Å². The maximum absolute atomic E-state index is 14.1. The largest absolute Gasteiger partial charge is 0.336 e. The number of nitrogens with zero attached hydrogens (tertiary/aromatic N) is 2. The monoisotopic (exact) mass is 433 g/mol. The van der Waals surface area contributed by atoms with Crippen molar-refractivity contribution < 1.29 is 23.2 Å². The average Bonchev–Trinajstić information content (AvgIpc) is 2.93. The highest BCUT2D eigenvalue weighted by atomic mass is 35.5. The Labute approximate surface area is 176 Å². The molecule has 2 aliphatic rings. The van der Waals surface area contributed by atoms with Crippen molar-refractivity contribution in [1.82, 2.24) is 15.1 Å². The Morgan fingerprint density at radius 2 is 1.77 bits per heavy atom. The maximum atomic E-state index is 14.1. The van der Waals surface area contributed by atoms with E-state index < -0.39 is 40.6 Å². The Morgan fingerprint density at radius 1 is 1.10 bits per heavy atom. The van der Waals surface area contributed by atoms with Crippen LogP contribution < -0.4 is 5.32 Å². The summed E-state index contributed by atoms with van der Waals surface area (Å²) in [6, 6.07) is 9.37. The fourth-order valence-electron chi connectivity index (χ4n) is 3.96. The lowest BCUT2D eigenvalue weighted by Crippen LogP contribution is -2.59. The predicted octanol–water partition coefficient (Wildman–Crippen LogP) is 3.35. The van der Waals surface area contributed by atoms with Gasteiger partial charge in [-0.2, -0.15) is 0 Å². The third-order valence-corrected chi connectivity index (χ3v) is 5.71. The quantitative estimate of drug-likeness (QED) is 0.755. The van der Waals surface area contributed by atoms with E-state index in [2.05, 4.69) is 5.32 Å². The number of piperidine rings is 1. The molecular weight excluding hydrogens is 416 g/mol. The number of amides is 4. The Morgan fingerprint density at radius 3 is 2.43 bits per heavy atom. The zero-order valence-corrected chi connectivity index (χ0v) is 16.6. The number of hydrogen-bond acceptors (Lipinski definition) is 3. The lowest BCUT2D eigenvalue weighted by Gasteiger charge is -2.38. The molecule has 1 spiro atoms. The number of rotatable bonds is 3. The van der Waals surface area contributed by atoms with Gasteiger partial charge in [0.25, 0.3) is 11.8 Å². The van der Waals surface area contributed by atoms with Gasteiger partial charge in [-0.15, -0.1) is 0 Å². The molecule has 156 valence electrons. The normalized spacial score (nSPS) is 21.3. The lowest BCUT2D eigenvalue weighted by atomic mass is 9.88. The van der Waals surface area contributed by atoms with Gasteiger partial charge in [0.15, 0.2) is 0 Å². The predicted molar refractivity (Wildman–Crippen MR) is 105 cm³/mol. The van der Waals surface area contributed by atoms with Crippen LogP contribution in [0.3, 0.4) is 0 Å². The number of carbonyl (C=O) groups is 3. The summed E-state index contributed by atoms with van der Waals surface area (Å²) in [4.78, 5) is 40.7. The molecule has 2 saturated heterocycles. The third kappa shape index (κ3) is 3.52. The highest BCUT2D eigenvalue weighted by molar-refractivity contribution is 6.30. The van der Waals surface area contributed by atoms with Crippen molar-refractivity contribution in [2.75, 3.05) is 13.1 Å². The number of carbonyl (C=O) groups excluding carboxylic acids is 3. The Kier molecular flexibility index (Phi) is 5.19. The zero-order chi connectivity index (χ0) is 21.5. The molecule has 4 amide bonds. The van der Waals surface area contributed by atoms with E-state index in [-0.39, 0.29) is 19.6 Å². The number of halogens is 3. The fraction of sp³-hybridized carbons (Fsp3) is 0.286. The van der Waals surface area contributed by atoms with Crippen molar-refractivity contribution in [1.29, 1.82) is 0 Å². The topological polar surface area (TPSA) is 69.7 Å². The summed E-state index contributed by atoms with van der Waals surface area (Å²) in [5.41, 5.74) is -1.25. The molecule has 0 bridgehead atoms. The van der Waals surface area contributed by atoms with Gasteiger partial charge in [0, 0.05) is 11.6 Å². The van der Waals surface area contributed by atoms with E-state index in [0.717, 1.165) is 22.6 Å². The van der Waals surface area contributed by atoms with Gasteiger partial charge in [-0.3, -0.25) is 14.5 Å². The number of urea groups is 1. The molecule has 0 saturated carbocycles. The summed E-state index contributed by atoms with van der Waals surface area (Å²) >= 11 is 5.87. The van der Waals surface area contributed by atoms with Crippen LogP contribution in [0, 0.1) is 11.6 Å². The maximum Gasteiger partial charge on any atom is 0.325 e. The van der Waals surface area contributed by atoms with E-state index in [9.17, 15) is 23.2 Å². The van der Waals surface area contributed by atoms with Crippen LogP contribution in [0.25, 0.3) is 0 Å². The number of likely N-dealkylation sites (tertiary alicyclic amines) is 1. The first-order valence-corrected chi connectivity index (χ1v) is 9.80. The van der Waals surface area contributed by atoms with E-state index in [1.165, 1.54) is 11.0 Å². The molecule has 1 N–H and O–H groups in total. The third-order valence-electron chi connectivity index (χ3n) is 5.46. The molecule has 4 rings (SSSR count). The van der Waals surface area contributed by atoms with Gasteiger partial charge in [-0.25, -0.2) is 13.6 Å². The highest BCUT2D eigenvalue weighted by Gasteiger charge is 2.53. The van der Waals surface area contributed by atoms with E-state index >= 15 is 0 Å². The van der Waals surface area contributed by atoms with Gasteiger partial charge in [0.2, 0.25) is 0 Å². The Balaban J connectivity index is 1.55. The van der Waals surface area contributed by atoms with Crippen LogP contribution in [-0.4, -0.2) is 46.3 Å². The van der Waals surface area contributed by atoms with Crippen molar-refractivity contribution in [3.8, 4) is 0 Å². The van der Waals surface area contributed by atoms with Gasteiger partial charge in [-0.1, -0.05) is 29.8 Å². The molecule has 0 aliphatic carbocycles. The first kappa shape index (κ1) is 20.3. The number of hydrogen-bond donors (Lipinski definition) is 1. The molecular formula is C21H18ClF2N3O3. The van der Waals surface area contributed by atoms with Crippen LogP contribution in [0.2, 0.25) is 5.02 Å². The molecule has 1 unspecified atom stereocenters. The van der Waals surface area contributed by atoms with Gasteiger partial charge in [0.1, 0.15) is 22.7 Å². The number of nitrogens with one attached hydrogen (secondary N) is 1. The van der Waals surface area contributed by atoms with Crippen molar-refractivity contribution >= 4 is 29.4 Å². The van der Waals surface area contributed by atoms with Crippen LogP contribution in [0.15, 0.2) is 42.5 Å². The Bertz CT molecular complexity index is 1010. The molecule has 2 aliphatic heterocycles. The summed E-state index contributed by atoms with van der Waals surface area (Å²) < 4.78 is 28.1. The van der Waals surface area contributed by atoms with E-state index in [1.807, 2.05) is 0 Å². The van der Waals surface area contributed by atoms with Gasteiger partial charge < -0.3 is 10.2 Å². The van der Waals surface area contributed by atoms with Crippen LogP contribution in [0.1, 0.15) is 28.8 Å². The number of imide groups is 1. The molecule has 2 heterocycles. The zero-order valence-electron chi connectivity index (χ0n) is 15.8. The van der Waals surface area contributed by atoms with E-state index in [4.69, 9.17) is 11.6 Å². The van der Waals surface area contributed by atoms with Gasteiger partial charge in [0.05, 0.1) is 13.1 Å². The van der Waals surface area contributed by atoms with Crippen LogP contribution in [0.5, 0.6) is 0 Å². The van der Waals surface area contributed by atoms with Crippen molar-refractivity contribution in [3.05, 3.63) is 70.2 Å². The summed E-state index contributed by atoms with van der Waals surface area (Å²) in [6.45, 7) is 0.134. The molecule has 2 aromatic carbocycles. The molecule has 30 heavy (non-hydrogen) atoms. The molecule has 1 atom stereocenters. The SMILES string of the molecule is O=C(c1c(F)cccc1F)N1CCCC2(C1)NC(=O)N(Cc1ccc(Cl)cc1)C2=O. The first-order chi connectivity index (χ1) is 14.3. The summed E-state index contributed by atoms with van der Waals surface area (Å²) in [5, 5.41) is 3.23. The second kappa shape index (κ2) is 7.68. The summed E-state index contributed by atoms with van der Waals surface area (Å²) in [5.74, 6) is -3.24. The standard InChI is InChI=1S/C21H18ClF2N3O3/c22-14-7-5-13(6-8-14)11-27-19(29)21(25-20(27)30)9-2-10-26(12-21)18(28)17-15(23)3-1-4-16(17)24/h1,3-8H,2,9-12H2,(H,25,30). The average molecular weight is 434 g/mol. The first-order valence-electron chi connectivity index (χ1n) is 9.42.